The Morgan fingerprint density at radius 2 is 2.11 bits per heavy atom. The monoisotopic (exact) mass is 443 g/mol. The minimum atomic E-state index is -0.0984. The molecule has 2 amide bonds. The van der Waals surface area contributed by atoms with Crippen molar-refractivity contribution in [2.45, 2.75) is 18.1 Å². The zero-order chi connectivity index (χ0) is 18.8. The van der Waals surface area contributed by atoms with Gasteiger partial charge in [-0.3, -0.25) is 4.79 Å². The summed E-state index contributed by atoms with van der Waals surface area (Å²) in [7, 11) is 0. The van der Waals surface area contributed by atoms with E-state index in [4.69, 9.17) is 0 Å². The quantitative estimate of drug-likeness (QED) is 0.528. The molecular weight excluding hydrogens is 424 g/mol. The van der Waals surface area contributed by atoms with Crippen LogP contribution in [0.15, 0.2) is 57.9 Å². The van der Waals surface area contributed by atoms with Crippen molar-refractivity contribution in [1.29, 1.82) is 0 Å². The van der Waals surface area contributed by atoms with Crippen molar-refractivity contribution >= 4 is 51.3 Å². The van der Waals surface area contributed by atoms with E-state index in [2.05, 4.69) is 22.0 Å². The van der Waals surface area contributed by atoms with Crippen molar-refractivity contribution in [3.05, 3.63) is 63.5 Å². The first-order valence-electron chi connectivity index (χ1n) is 9.07. The third-order valence-electron chi connectivity index (χ3n) is 4.88. The zero-order valence-electron chi connectivity index (χ0n) is 14.8. The van der Waals surface area contributed by atoms with E-state index >= 15 is 0 Å². The van der Waals surface area contributed by atoms with Crippen LogP contribution in [0.1, 0.15) is 18.4 Å². The number of benzene rings is 1. The van der Waals surface area contributed by atoms with Gasteiger partial charge in [0, 0.05) is 23.6 Å². The number of hydrogen-bond donors (Lipinski definition) is 0. The van der Waals surface area contributed by atoms with Crippen molar-refractivity contribution in [2.24, 2.45) is 0 Å². The summed E-state index contributed by atoms with van der Waals surface area (Å²) < 4.78 is 2.63. The van der Waals surface area contributed by atoms with Gasteiger partial charge in [0.2, 0.25) is 12.3 Å². The summed E-state index contributed by atoms with van der Waals surface area (Å²) in [6.07, 6.45) is 12.0. The maximum absolute atomic E-state index is 13.2. The summed E-state index contributed by atoms with van der Waals surface area (Å²) >= 11 is 5.02. The van der Waals surface area contributed by atoms with E-state index in [1.165, 1.54) is 0 Å². The largest absolute Gasteiger partial charge is 0.426 e. The first-order chi connectivity index (χ1) is 13.1. The molecule has 4 nitrogen and oxygen atoms in total. The molecule has 0 bridgehead atoms. The normalized spacial score (nSPS) is 23.3. The number of carbonyl (C=O) groups is 2. The number of allylic oxidation sites excluding steroid dienone is 3. The predicted octanol–water partition coefficient (Wildman–Crippen LogP) is 3.63. The van der Waals surface area contributed by atoms with Crippen LogP contribution in [-0.4, -0.2) is 51.9 Å². The van der Waals surface area contributed by atoms with E-state index in [0.717, 1.165) is 41.7 Å². The average molecular weight is 444 g/mol. The average Bonchev–Trinajstić information content (AvgIpc) is 3.20. The van der Waals surface area contributed by atoms with Gasteiger partial charge in [-0.15, -0.1) is 4.58 Å². The third-order valence-corrected chi connectivity index (χ3v) is 6.57. The summed E-state index contributed by atoms with van der Waals surface area (Å²) in [6, 6.07) is 7.86. The standard InChI is InChI=1S/C21H20BrN2O2S/c22-16-7-5-6-15(12-16)13-19-21(26)24(14-20(25)23-10-3-4-11-23)17-8-1-2-9-18(17)27-19/h1-2,5-9,12-13,18H,3-4,10-11,14H2/q+1/b19-13+. The molecule has 0 spiro atoms. The number of carbonyl (C=O) groups excluding carboxylic acids is 2. The molecule has 1 saturated heterocycles. The van der Waals surface area contributed by atoms with Crippen LogP contribution >= 0.6 is 27.7 Å². The van der Waals surface area contributed by atoms with Gasteiger partial charge in [0.25, 0.3) is 5.91 Å². The van der Waals surface area contributed by atoms with Crippen LogP contribution in [0.2, 0.25) is 0 Å². The second-order valence-corrected chi connectivity index (χ2v) is 8.85. The van der Waals surface area contributed by atoms with E-state index in [9.17, 15) is 9.59 Å². The Hall–Kier alpha value is -1.92. The Balaban J connectivity index is 1.67. The molecule has 1 aliphatic carbocycles. The summed E-state index contributed by atoms with van der Waals surface area (Å²) in [5.74, 6) is -0.0671. The lowest BCUT2D eigenvalue weighted by Gasteiger charge is -2.22. The van der Waals surface area contributed by atoms with Crippen molar-refractivity contribution < 1.29 is 14.2 Å². The van der Waals surface area contributed by atoms with Crippen LogP contribution in [0.3, 0.4) is 0 Å². The Labute approximate surface area is 171 Å². The van der Waals surface area contributed by atoms with E-state index < -0.39 is 0 Å². The highest BCUT2D eigenvalue weighted by molar-refractivity contribution is 9.10. The molecule has 2 aliphatic heterocycles. The van der Waals surface area contributed by atoms with Gasteiger partial charge in [-0.25, -0.2) is 4.79 Å². The second-order valence-electron chi connectivity index (χ2n) is 6.75. The van der Waals surface area contributed by atoms with Gasteiger partial charge < -0.3 is 4.90 Å². The molecule has 1 fully saturated rings. The minimum absolute atomic E-state index is 0.0313. The molecule has 1 atom stereocenters. The summed E-state index contributed by atoms with van der Waals surface area (Å²) in [5.41, 5.74) is 1.86. The number of nitrogens with zero attached hydrogens (tertiary/aromatic N) is 2. The maximum atomic E-state index is 13.2. The van der Waals surface area contributed by atoms with E-state index in [1.807, 2.05) is 53.5 Å². The van der Waals surface area contributed by atoms with Crippen LogP contribution in [0, 0.1) is 0 Å². The fraction of sp³-hybridized carbons (Fsp3) is 0.286. The van der Waals surface area contributed by atoms with Gasteiger partial charge in [-0.1, -0.05) is 58.1 Å². The van der Waals surface area contributed by atoms with Gasteiger partial charge >= 0.3 is 5.91 Å². The predicted molar refractivity (Wildman–Crippen MR) is 113 cm³/mol. The highest BCUT2D eigenvalue weighted by atomic mass is 79.9. The molecule has 0 saturated carbocycles. The van der Waals surface area contributed by atoms with Gasteiger partial charge in [0.05, 0.1) is 0 Å². The summed E-state index contributed by atoms with van der Waals surface area (Å²) in [5, 5.41) is 0.0532. The number of halogens is 1. The van der Waals surface area contributed by atoms with Crippen LogP contribution < -0.4 is 0 Å². The van der Waals surface area contributed by atoms with Gasteiger partial charge in [-0.2, -0.15) is 0 Å². The SMILES string of the molecule is O=C(C[N+]1=C2C=CC=CC2S/C(=C/c2cccc(Br)c2)C1=O)N1CCCC1. The second kappa shape index (κ2) is 7.98. The van der Waals surface area contributed by atoms with Crippen LogP contribution in [0.25, 0.3) is 6.08 Å². The Kier molecular flexibility index (Phi) is 5.45. The maximum Gasteiger partial charge on any atom is 0.426 e. The Morgan fingerprint density at radius 3 is 2.89 bits per heavy atom. The van der Waals surface area contributed by atoms with Crippen molar-refractivity contribution in [2.75, 3.05) is 19.6 Å². The third kappa shape index (κ3) is 4.01. The first-order valence-corrected chi connectivity index (χ1v) is 10.7. The first kappa shape index (κ1) is 18.4. The molecule has 138 valence electrons. The molecule has 0 N–H and O–H groups in total. The van der Waals surface area contributed by atoms with E-state index in [1.54, 1.807) is 16.3 Å². The number of thioether (sulfide) groups is 1. The van der Waals surface area contributed by atoms with Crippen molar-refractivity contribution in [1.82, 2.24) is 4.90 Å². The van der Waals surface area contributed by atoms with Gasteiger partial charge in [0.15, 0.2) is 0 Å². The van der Waals surface area contributed by atoms with Gasteiger partial charge in [0.1, 0.15) is 10.2 Å². The molecule has 6 heteroatoms. The lowest BCUT2D eigenvalue weighted by molar-refractivity contribution is -0.435. The van der Waals surface area contributed by atoms with Crippen LogP contribution in [0.4, 0.5) is 0 Å². The minimum Gasteiger partial charge on any atom is -0.337 e. The molecule has 4 rings (SSSR count). The molecule has 0 radical (unpaired) electrons. The molecule has 2 heterocycles. The van der Waals surface area contributed by atoms with Gasteiger partial charge in [-0.05, 0) is 36.6 Å². The number of hydrogen-bond acceptors (Lipinski definition) is 3. The number of rotatable bonds is 3. The highest BCUT2D eigenvalue weighted by Crippen LogP contribution is 2.33. The van der Waals surface area contributed by atoms with Crippen LogP contribution in [0.5, 0.6) is 0 Å². The Morgan fingerprint density at radius 1 is 1.30 bits per heavy atom. The van der Waals surface area contributed by atoms with E-state index in [-0.39, 0.29) is 23.6 Å². The van der Waals surface area contributed by atoms with Crippen LogP contribution in [-0.2, 0) is 9.59 Å². The molecule has 1 aromatic rings. The molecular formula is C21H20BrN2O2S+. The fourth-order valence-electron chi connectivity index (χ4n) is 3.50. The van der Waals surface area contributed by atoms with Crippen molar-refractivity contribution in [3.8, 4) is 0 Å². The molecule has 3 aliphatic rings. The lowest BCUT2D eigenvalue weighted by Crippen LogP contribution is -2.44. The smallest absolute Gasteiger partial charge is 0.337 e. The summed E-state index contributed by atoms with van der Waals surface area (Å²) in [6.45, 7) is 1.70. The molecule has 27 heavy (non-hydrogen) atoms. The van der Waals surface area contributed by atoms with Crippen molar-refractivity contribution in [3.63, 3.8) is 0 Å². The topological polar surface area (TPSA) is 40.4 Å². The number of likely N-dealkylation sites (tertiary alicyclic amines) is 1. The highest BCUT2D eigenvalue weighted by Gasteiger charge is 2.40. The number of amides is 2. The molecule has 0 aromatic heterocycles. The fourth-order valence-corrected chi connectivity index (χ4v) is 5.10. The molecule has 1 aromatic carbocycles. The summed E-state index contributed by atoms with van der Waals surface area (Å²) in [4.78, 5) is 28.4. The Bertz CT molecular complexity index is 911. The lowest BCUT2D eigenvalue weighted by atomic mass is 10.1. The zero-order valence-corrected chi connectivity index (χ0v) is 17.2. The molecule has 1 unspecified atom stereocenters. The van der Waals surface area contributed by atoms with E-state index in [0.29, 0.717) is 4.91 Å². The number of fused-ring (bicyclic) bond motifs is 1.